The highest BCUT2D eigenvalue weighted by atomic mass is 16.3. The van der Waals surface area contributed by atoms with Crippen LogP contribution in [0.2, 0.25) is 0 Å². The second kappa shape index (κ2) is 6.73. The van der Waals surface area contributed by atoms with Crippen molar-refractivity contribution in [2.24, 2.45) is 11.3 Å². The van der Waals surface area contributed by atoms with Crippen molar-refractivity contribution in [2.45, 2.75) is 58.5 Å². The van der Waals surface area contributed by atoms with E-state index in [-0.39, 0.29) is 12.6 Å². The number of hydrogen-bond acceptors (Lipinski definition) is 2. The average molecular weight is 275 g/mol. The molecule has 0 aromatic heterocycles. The molecule has 0 aliphatic heterocycles. The van der Waals surface area contributed by atoms with Crippen LogP contribution >= 0.6 is 0 Å². The number of rotatable bonds is 5. The Kier molecular flexibility index (Phi) is 5.22. The van der Waals surface area contributed by atoms with Crippen molar-refractivity contribution >= 4 is 0 Å². The first-order chi connectivity index (χ1) is 9.50. The van der Waals surface area contributed by atoms with E-state index in [0.717, 1.165) is 6.42 Å². The van der Waals surface area contributed by atoms with Gasteiger partial charge in [-0.2, -0.15) is 0 Å². The Balaban J connectivity index is 1.90. The Morgan fingerprint density at radius 2 is 2.00 bits per heavy atom. The topological polar surface area (TPSA) is 32.3 Å². The molecule has 3 atom stereocenters. The van der Waals surface area contributed by atoms with Crippen LogP contribution in [0.25, 0.3) is 0 Å². The Morgan fingerprint density at radius 3 is 2.60 bits per heavy atom. The van der Waals surface area contributed by atoms with Crippen molar-refractivity contribution in [3.05, 3.63) is 35.9 Å². The summed E-state index contributed by atoms with van der Waals surface area (Å²) in [5, 5.41) is 13.3. The van der Waals surface area contributed by atoms with E-state index in [1.54, 1.807) is 0 Å². The normalized spacial score (nSPS) is 27.2. The molecule has 1 aliphatic rings. The van der Waals surface area contributed by atoms with Crippen LogP contribution in [-0.4, -0.2) is 23.8 Å². The van der Waals surface area contributed by atoms with Crippen molar-refractivity contribution in [1.82, 2.24) is 5.32 Å². The molecule has 2 heteroatoms. The van der Waals surface area contributed by atoms with Crippen LogP contribution in [0.1, 0.15) is 45.6 Å². The molecule has 1 aromatic rings. The van der Waals surface area contributed by atoms with Crippen LogP contribution in [-0.2, 0) is 6.42 Å². The molecule has 0 bridgehead atoms. The molecule has 0 saturated heterocycles. The summed E-state index contributed by atoms with van der Waals surface area (Å²) in [6, 6.07) is 11.2. The highest BCUT2D eigenvalue weighted by Gasteiger charge is 2.33. The zero-order valence-electron chi connectivity index (χ0n) is 13.1. The highest BCUT2D eigenvalue weighted by Crippen LogP contribution is 2.38. The fraction of sp³-hybridized carbons (Fsp3) is 0.667. The zero-order chi connectivity index (χ0) is 14.6. The molecule has 1 aliphatic carbocycles. The second-order valence-corrected chi connectivity index (χ2v) is 7.23. The summed E-state index contributed by atoms with van der Waals surface area (Å²) < 4.78 is 0. The molecule has 0 amide bonds. The Morgan fingerprint density at radius 1 is 1.30 bits per heavy atom. The van der Waals surface area contributed by atoms with E-state index < -0.39 is 0 Å². The van der Waals surface area contributed by atoms with Gasteiger partial charge in [0.1, 0.15) is 0 Å². The monoisotopic (exact) mass is 275 g/mol. The van der Waals surface area contributed by atoms with Crippen LogP contribution < -0.4 is 5.32 Å². The van der Waals surface area contributed by atoms with Gasteiger partial charge in [-0.15, -0.1) is 0 Å². The molecule has 2 unspecified atom stereocenters. The fourth-order valence-electron chi connectivity index (χ4n) is 3.57. The largest absolute Gasteiger partial charge is 0.395 e. The minimum Gasteiger partial charge on any atom is -0.395 e. The van der Waals surface area contributed by atoms with E-state index in [1.807, 2.05) is 6.07 Å². The van der Waals surface area contributed by atoms with E-state index in [4.69, 9.17) is 0 Å². The first-order valence-electron chi connectivity index (χ1n) is 7.91. The van der Waals surface area contributed by atoms with Crippen molar-refractivity contribution in [2.75, 3.05) is 6.61 Å². The molecular weight excluding hydrogens is 246 g/mol. The van der Waals surface area contributed by atoms with Gasteiger partial charge in [0, 0.05) is 12.1 Å². The number of aliphatic hydroxyl groups is 1. The minimum atomic E-state index is 0.172. The van der Waals surface area contributed by atoms with Gasteiger partial charge in [0.25, 0.3) is 0 Å². The van der Waals surface area contributed by atoms with E-state index in [0.29, 0.717) is 17.4 Å². The lowest BCUT2D eigenvalue weighted by atomic mass is 9.70. The van der Waals surface area contributed by atoms with Gasteiger partial charge < -0.3 is 10.4 Å². The van der Waals surface area contributed by atoms with Crippen LogP contribution in [0, 0.1) is 11.3 Å². The fourth-order valence-corrected chi connectivity index (χ4v) is 3.57. The molecule has 112 valence electrons. The van der Waals surface area contributed by atoms with E-state index in [9.17, 15) is 5.11 Å². The summed E-state index contributed by atoms with van der Waals surface area (Å²) in [6.07, 6.45) is 4.68. The Bertz CT molecular complexity index is 401. The average Bonchev–Trinajstić information content (AvgIpc) is 2.41. The quantitative estimate of drug-likeness (QED) is 0.863. The van der Waals surface area contributed by atoms with Gasteiger partial charge in [-0.1, -0.05) is 51.1 Å². The number of benzene rings is 1. The second-order valence-electron chi connectivity index (χ2n) is 7.23. The van der Waals surface area contributed by atoms with Gasteiger partial charge in [-0.05, 0) is 42.6 Å². The lowest BCUT2D eigenvalue weighted by molar-refractivity contribution is 0.128. The summed E-state index contributed by atoms with van der Waals surface area (Å²) in [6.45, 7) is 7.29. The lowest BCUT2D eigenvalue weighted by Crippen LogP contribution is -2.48. The summed E-state index contributed by atoms with van der Waals surface area (Å²) in [7, 11) is 0. The molecule has 0 heterocycles. The van der Waals surface area contributed by atoms with Gasteiger partial charge in [-0.25, -0.2) is 0 Å². The van der Waals surface area contributed by atoms with Gasteiger partial charge in [0.05, 0.1) is 6.61 Å². The molecule has 1 fully saturated rings. The molecule has 20 heavy (non-hydrogen) atoms. The predicted molar refractivity (Wildman–Crippen MR) is 84.7 cm³/mol. The van der Waals surface area contributed by atoms with Crippen LogP contribution in [0.4, 0.5) is 0 Å². The van der Waals surface area contributed by atoms with Crippen LogP contribution in [0.15, 0.2) is 30.3 Å². The minimum absolute atomic E-state index is 0.172. The third-order valence-corrected chi connectivity index (χ3v) is 4.69. The number of nitrogens with one attached hydrogen (secondary N) is 1. The molecule has 1 aromatic carbocycles. The summed E-state index contributed by atoms with van der Waals surface area (Å²) in [4.78, 5) is 0. The molecule has 2 rings (SSSR count). The maximum Gasteiger partial charge on any atom is 0.0587 e. The third-order valence-electron chi connectivity index (χ3n) is 4.69. The number of aliphatic hydroxyl groups excluding tert-OH is 1. The standard InChI is InChI=1S/C18H29NO/c1-14-12-18(2,3)10-9-17(14)19-16(13-20)11-15-7-5-4-6-8-15/h4-8,14,16-17,19-20H,9-13H2,1-3H3/t14?,16-,17?/m1/s1. The summed E-state index contributed by atoms with van der Waals surface area (Å²) in [5.41, 5.74) is 1.77. The molecule has 1 saturated carbocycles. The van der Waals surface area contributed by atoms with Gasteiger partial charge in [0.2, 0.25) is 0 Å². The van der Waals surface area contributed by atoms with Crippen molar-refractivity contribution in [1.29, 1.82) is 0 Å². The zero-order valence-corrected chi connectivity index (χ0v) is 13.1. The SMILES string of the molecule is CC1CC(C)(C)CCC1N[C@@H](CO)Cc1ccccc1. The molecule has 0 radical (unpaired) electrons. The molecule has 2 nitrogen and oxygen atoms in total. The predicted octanol–water partition coefficient (Wildman–Crippen LogP) is 3.39. The van der Waals surface area contributed by atoms with Crippen molar-refractivity contribution in [3.8, 4) is 0 Å². The number of hydrogen-bond donors (Lipinski definition) is 2. The first-order valence-corrected chi connectivity index (χ1v) is 7.91. The summed E-state index contributed by atoms with van der Waals surface area (Å²) in [5.74, 6) is 0.684. The lowest BCUT2D eigenvalue weighted by Gasteiger charge is -2.41. The third kappa shape index (κ3) is 4.32. The highest BCUT2D eigenvalue weighted by molar-refractivity contribution is 5.16. The maximum absolute atomic E-state index is 9.64. The van der Waals surface area contributed by atoms with Crippen LogP contribution in [0.5, 0.6) is 0 Å². The molecule has 0 spiro atoms. The molecule has 2 N–H and O–H groups in total. The maximum atomic E-state index is 9.64. The Hall–Kier alpha value is -0.860. The van der Waals surface area contributed by atoms with Gasteiger partial charge in [-0.3, -0.25) is 0 Å². The Labute approximate surface area is 123 Å². The molecular formula is C18H29NO. The van der Waals surface area contributed by atoms with Gasteiger partial charge >= 0.3 is 0 Å². The first kappa shape index (κ1) is 15.5. The van der Waals surface area contributed by atoms with Crippen molar-refractivity contribution in [3.63, 3.8) is 0 Å². The van der Waals surface area contributed by atoms with Crippen LogP contribution in [0.3, 0.4) is 0 Å². The van der Waals surface area contributed by atoms with E-state index in [1.165, 1.54) is 24.8 Å². The van der Waals surface area contributed by atoms with Gasteiger partial charge in [0.15, 0.2) is 0 Å². The van der Waals surface area contributed by atoms with Crippen molar-refractivity contribution < 1.29 is 5.11 Å². The smallest absolute Gasteiger partial charge is 0.0587 e. The van der Waals surface area contributed by atoms with E-state index >= 15 is 0 Å². The van der Waals surface area contributed by atoms with E-state index in [2.05, 4.69) is 50.4 Å². The summed E-state index contributed by atoms with van der Waals surface area (Å²) >= 11 is 0.